The van der Waals surface area contributed by atoms with Gasteiger partial charge in [0.2, 0.25) is 5.89 Å². The van der Waals surface area contributed by atoms with Crippen LogP contribution in [0.15, 0.2) is 9.64 Å². The first-order valence-electron chi connectivity index (χ1n) is 7.93. The molecule has 1 aliphatic carbocycles. The number of aryl methyl sites for hydroxylation is 1. The highest BCUT2D eigenvalue weighted by molar-refractivity contribution is 7.99. The monoisotopic (exact) mass is 297 g/mol. The summed E-state index contributed by atoms with van der Waals surface area (Å²) >= 11 is 1.77. The molecule has 1 fully saturated rings. The molecular weight excluding hydrogens is 270 g/mol. The van der Waals surface area contributed by atoms with E-state index in [2.05, 4.69) is 29.4 Å². The van der Waals surface area contributed by atoms with Crippen molar-refractivity contribution in [3.05, 3.63) is 5.89 Å². The smallest absolute Gasteiger partial charge is 0.276 e. The van der Waals surface area contributed by atoms with E-state index in [4.69, 9.17) is 4.42 Å². The van der Waals surface area contributed by atoms with Crippen molar-refractivity contribution in [2.24, 2.45) is 5.92 Å². The molecule has 0 spiro atoms. The van der Waals surface area contributed by atoms with Crippen LogP contribution in [-0.2, 0) is 0 Å². The van der Waals surface area contributed by atoms with Gasteiger partial charge in [0.05, 0.1) is 0 Å². The van der Waals surface area contributed by atoms with E-state index in [0.717, 1.165) is 17.7 Å². The molecule has 5 heteroatoms. The van der Waals surface area contributed by atoms with Gasteiger partial charge in [0, 0.05) is 18.2 Å². The summed E-state index contributed by atoms with van der Waals surface area (Å²) in [7, 11) is 0. The Bertz CT molecular complexity index is 396. The number of nitrogens with zero attached hydrogens (tertiary/aromatic N) is 2. The predicted molar refractivity (Wildman–Crippen MR) is 83.0 cm³/mol. The molecule has 1 aliphatic rings. The lowest BCUT2D eigenvalue weighted by molar-refractivity contribution is 0.285. The SMILES string of the molecule is CCCNC1CCC(CCC)CC1Sc1nnc(C)o1. The molecule has 114 valence electrons. The molecule has 1 aromatic heterocycles. The van der Waals surface area contributed by atoms with E-state index in [-0.39, 0.29) is 0 Å². The Morgan fingerprint density at radius 2 is 2.10 bits per heavy atom. The highest BCUT2D eigenvalue weighted by Crippen LogP contribution is 2.37. The number of hydrogen-bond donors (Lipinski definition) is 1. The second-order valence-corrected chi connectivity index (χ2v) is 6.96. The van der Waals surface area contributed by atoms with E-state index in [1.807, 2.05) is 6.92 Å². The average molecular weight is 297 g/mol. The molecular formula is C15H27N3OS. The zero-order valence-electron chi connectivity index (χ0n) is 12.9. The molecule has 1 saturated carbocycles. The summed E-state index contributed by atoms with van der Waals surface area (Å²) in [6.07, 6.45) is 7.72. The molecule has 0 amide bonds. The second kappa shape index (κ2) is 8.03. The summed E-state index contributed by atoms with van der Waals surface area (Å²) in [4.78, 5) is 0. The molecule has 0 aromatic carbocycles. The maximum Gasteiger partial charge on any atom is 0.276 e. The first kappa shape index (κ1) is 15.8. The van der Waals surface area contributed by atoms with Crippen molar-refractivity contribution < 1.29 is 4.42 Å². The van der Waals surface area contributed by atoms with Crippen LogP contribution in [0.4, 0.5) is 0 Å². The third-order valence-electron chi connectivity index (χ3n) is 4.01. The van der Waals surface area contributed by atoms with E-state index in [1.54, 1.807) is 11.8 Å². The van der Waals surface area contributed by atoms with Crippen LogP contribution in [0.3, 0.4) is 0 Å². The molecule has 1 heterocycles. The van der Waals surface area contributed by atoms with Crippen molar-refractivity contribution in [2.75, 3.05) is 6.54 Å². The van der Waals surface area contributed by atoms with Crippen molar-refractivity contribution in [1.29, 1.82) is 0 Å². The van der Waals surface area contributed by atoms with Crippen molar-refractivity contribution in [3.8, 4) is 0 Å². The van der Waals surface area contributed by atoms with Crippen LogP contribution in [0.25, 0.3) is 0 Å². The van der Waals surface area contributed by atoms with Gasteiger partial charge in [0.15, 0.2) is 0 Å². The average Bonchev–Trinajstić information content (AvgIpc) is 2.84. The van der Waals surface area contributed by atoms with E-state index in [9.17, 15) is 0 Å². The second-order valence-electron chi connectivity index (χ2n) is 5.77. The van der Waals surface area contributed by atoms with E-state index in [1.165, 1.54) is 38.5 Å². The van der Waals surface area contributed by atoms with Gasteiger partial charge in [-0.15, -0.1) is 10.2 Å². The Morgan fingerprint density at radius 3 is 2.75 bits per heavy atom. The lowest BCUT2D eigenvalue weighted by Gasteiger charge is -2.35. The van der Waals surface area contributed by atoms with E-state index < -0.39 is 0 Å². The van der Waals surface area contributed by atoms with Gasteiger partial charge in [0.1, 0.15) is 0 Å². The fourth-order valence-corrected chi connectivity index (χ4v) is 4.31. The lowest BCUT2D eigenvalue weighted by atomic mass is 9.83. The van der Waals surface area contributed by atoms with Crippen molar-refractivity contribution in [1.82, 2.24) is 15.5 Å². The van der Waals surface area contributed by atoms with Gasteiger partial charge in [-0.1, -0.05) is 38.5 Å². The molecule has 2 rings (SSSR count). The standard InChI is InChI=1S/C15H27N3OS/c1-4-6-12-7-8-13(16-9-5-2)14(10-12)20-15-18-17-11(3)19-15/h12-14,16H,4-10H2,1-3H3. The topological polar surface area (TPSA) is 51.0 Å². The van der Waals surface area contributed by atoms with Crippen LogP contribution in [0.5, 0.6) is 0 Å². The van der Waals surface area contributed by atoms with Crippen LogP contribution >= 0.6 is 11.8 Å². The highest BCUT2D eigenvalue weighted by Gasteiger charge is 2.31. The molecule has 1 aromatic rings. The minimum atomic E-state index is 0.562. The molecule has 0 saturated heterocycles. The van der Waals surface area contributed by atoms with Crippen LogP contribution in [-0.4, -0.2) is 28.0 Å². The third kappa shape index (κ3) is 4.48. The van der Waals surface area contributed by atoms with Gasteiger partial charge in [-0.05, 0) is 38.1 Å². The van der Waals surface area contributed by atoms with Gasteiger partial charge >= 0.3 is 0 Å². The van der Waals surface area contributed by atoms with Crippen LogP contribution < -0.4 is 5.32 Å². The molecule has 0 aliphatic heterocycles. The zero-order valence-corrected chi connectivity index (χ0v) is 13.7. The first-order chi connectivity index (χ1) is 9.72. The summed E-state index contributed by atoms with van der Waals surface area (Å²) in [5, 5.41) is 13.1. The summed E-state index contributed by atoms with van der Waals surface area (Å²) in [6.45, 7) is 7.46. The van der Waals surface area contributed by atoms with E-state index >= 15 is 0 Å². The van der Waals surface area contributed by atoms with Crippen molar-refractivity contribution >= 4 is 11.8 Å². The molecule has 3 atom stereocenters. The maximum absolute atomic E-state index is 5.55. The van der Waals surface area contributed by atoms with Crippen LogP contribution in [0.1, 0.15) is 58.3 Å². The number of aromatic nitrogens is 2. The Kier molecular flexibility index (Phi) is 6.36. The summed E-state index contributed by atoms with van der Waals surface area (Å²) in [5.74, 6) is 1.52. The molecule has 3 unspecified atom stereocenters. The third-order valence-corrected chi connectivity index (χ3v) is 5.20. The fraction of sp³-hybridized carbons (Fsp3) is 0.867. The maximum atomic E-state index is 5.55. The number of thioether (sulfide) groups is 1. The number of nitrogens with one attached hydrogen (secondary N) is 1. The van der Waals surface area contributed by atoms with Crippen LogP contribution in [0, 0.1) is 12.8 Å². The largest absolute Gasteiger partial charge is 0.416 e. The molecule has 4 nitrogen and oxygen atoms in total. The van der Waals surface area contributed by atoms with Crippen molar-refractivity contribution in [3.63, 3.8) is 0 Å². The zero-order chi connectivity index (χ0) is 14.4. The summed E-state index contributed by atoms with van der Waals surface area (Å²) in [6, 6.07) is 0.584. The molecule has 0 radical (unpaired) electrons. The lowest BCUT2D eigenvalue weighted by Crippen LogP contribution is -2.43. The molecule has 1 N–H and O–H groups in total. The van der Waals surface area contributed by atoms with E-state index in [0.29, 0.717) is 17.2 Å². The Hall–Kier alpha value is -0.550. The minimum Gasteiger partial charge on any atom is -0.416 e. The normalized spacial score (nSPS) is 26.9. The van der Waals surface area contributed by atoms with Gasteiger partial charge in [-0.25, -0.2) is 0 Å². The first-order valence-corrected chi connectivity index (χ1v) is 8.81. The Balaban J connectivity index is 1.96. The molecule has 0 bridgehead atoms. The fourth-order valence-electron chi connectivity index (χ4n) is 3.03. The quantitative estimate of drug-likeness (QED) is 0.829. The summed E-state index contributed by atoms with van der Waals surface area (Å²) < 4.78 is 5.55. The molecule has 20 heavy (non-hydrogen) atoms. The predicted octanol–water partition coefficient (Wildman–Crippen LogP) is 3.81. The van der Waals surface area contributed by atoms with Gasteiger partial charge in [-0.3, -0.25) is 0 Å². The summed E-state index contributed by atoms with van der Waals surface area (Å²) in [5.41, 5.74) is 0. The number of rotatable bonds is 7. The van der Waals surface area contributed by atoms with Gasteiger partial charge in [0.25, 0.3) is 5.22 Å². The van der Waals surface area contributed by atoms with Gasteiger partial charge in [-0.2, -0.15) is 0 Å². The highest BCUT2D eigenvalue weighted by atomic mass is 32.2. The minimum absolute atomic E-state index is 0.562. The van der Waals surface area contributed by atoms with Crippen LogP contribution in [0.2, 0.25) is 0 Å². The van der Waals surface area contributed by atoms with Gasteiger partial charge < -0.3 is 9.73 Å². The Morgan fingerprint density at radius 1 is 1.25 bits per heavy atom. The Labute approximate surface area is 126 Å². The van der Waals surface area contributed by atoms with Crippen molar-refractivity contribution in [2.45, 2.75) is 75.8 Å². The number of hydrogen-bond acceptors (Lipinski definition) is 5.